The smallest absolute Gasteiger partial charge is 0.227 e. The minimum absolute atomic E-state index is 0.0435. The monoisotopic (exact) mass is 250 g/mol. The number of nitrogens with one attached hydrogen (secondary N) is 1. The van der Waals surface area contributed by atoms with E-state index in [1.54, 1.807) is 6.20 Å². The van der Waals surface area contributed by atoms with Gasteiger partial charge in [-0.1, -0.05) is 0 Å². The number of carbonyl (C=O) groups excluding carboxylic acids is 1. The van der Waals surface area contributed by atoms with Gasteiger partial charge in [-0.2, -0.15) is 0 Å². The fourth-order valence-corrected chi connectivity index (χ4v) is 2.39. The zero-order valence-corrected chi connectivity index (χ0v) is 11.1. The van der Waals surface area contributed by atoms with Crippen LogP contribution in [0.15, 0.2) is 18.7 Å². The molecule has 1 amide bonds. The Morgan fingerprint density at radius 1 is 1.56 bits per heavy atom. The first-order chi connectivity index (χ1) is 8.54. The first-order valence-electron chi connectivity index (χ1n) is 6.53. The molecule has 3 N–H and O–H groups in total. The second-order valence-corrected chi connectivity index (χ2v) is 5.68. The normalized spacial score (nSPS) is 24.2. The molecule has 100 valence electrons. The molecule has 5 nitrogen and oxygen atoms in total. The van der Waals surface area contributed by atoms with Crippen LogP contribution in [0.25, 0.3) is 0 Å². The van der Waals surface area contributed by atoms with Crippen molar-refractivity contribution < 1.29 is 4.79 Å². The fourth-order valence-electron chi connectivity index (χ4n) is 2.39. The maximum Gasteiger partial charge on any atom is 0.227 e. The van der Waals surface area contributed by atoms with Crippen molar-refractivity contribution in [2.75, 3.05) is 6.54 Å². The van der Waals surface area contributed by atoms with E-state index >= 15 is 0 Å². The molecule has 2 atom stereocenters. The SMILES string of the molecule is CC(C)(CN)C(=O)NC1CCCC1n1ccnc1. The Morgan fingerprint density at radius 2 is 2.33 bits per heavy atom. The van der Waals surface area contributed by atoms with Gasteiger partial charge in [0.05, 0.1) is 17.8 Å². The number of hydrogen-bond donors (Lipinski definition) is 2. The number of carbonyl (C=O) groups is 1. The van der Waals surface area contributed by atoms with Crippen LogP contribution >= 0.6 is 0 Å². The Morgan fingerprint density at radius 3 is 2.94 bits per heavy atom. The predicted molar refractivity (Wildman–Crippen MR) is 69.9 cm³/mol. The first kappa shape index (κ1) is 13.1. The van der Waals surface area contributed by atoms with Gasteiger partial charge in [-0.3, -0.25) is 4.79 Å². The average Bonchev–Trinajstić information content (AvgIpc) is 2.98. The van der Waals surface area contributed by atoms with Gasteiger partial charge in [0.1, 0.15) is 0 Å². The molecule has 2 rings (SSSR count). The van der Waals surface area contributed by atoms with Gasteiger partial charge in [-0.05, 0) is 33.1 Å². The van der Waals surface area contributed by atoms with E-state index in [1.807, 2.05) is 26.4 Å². The van der Waals surface area contributed by atoms with Crippen molar-refractivity contribution in [2.45, 2.75) is 45.2 Å². The molecule has 0 saturated heterocycles. The van der Waals surface area contributed by atoms with Gasteiger partial charge in [0, 0.05) is 25.0 Å². The predicted octanol–water partition coefficient (Wildman–Crippen LogP) is 1.08. The number of nitrogens with zero attached hydrogens (tertiary/aromatic N) is 2. The van der Waals surface area contributed by atoms with Gasteiger partial charge in [0.15, 0.2) is 0 Å². The molecule has 5 heteroatoms. The molecular weight excluding hydrogens is 228 g/mol. The standard InChI is InChI=1S/C13H22N4O/c1-13(2,8-14)12(18)16-10-4-3-5-11(10)17-7-6-15-9-17/h6-7,9-11H,3-5,8,14H2,1-2H3,(H,16,18). The second-order valence-electron chi connectivity index (χ2n) is 5.68. The van der Waals surface area contributed by atoms with E-state index in [9.17, 15) is 4.79 Å². The highest BCUT2D eigenvalue weighted by atomic mass is 16.2. The van der Waals surface area contributed by atoms with E-state index in [0.717, 1.165) is 19.3 Å². The molecule has 1 saturated carbocycles. The van der Waals surface area contributed by atoms with E-state index in [4.69, 9.17) is 5.73 Å². The highest BCUT2D eigenvalue weighted by molar-refractivity contribution is 5.82. The van der Waals surface area contributed by atoms with Crippen molar-refractivity contribution in [3.63, 3.8) is 0 Å². The van der Waals surface area contributed by atoms with Gasteiger partial charge < -0.3 is 15.6 Å². The molecule has 0 bridgehead atoms. The zero-order chi connectivity index (χ0) is 13.2. The van der Waals surface area contributed by atoms with E-state index in [1.165, 1.54) is 0 Å². The van der Waals surface area contributed by atoms with Gasteiger partial charge >= 0.3 is 0 Å². The second kappa shape index (κ2) is 5.10. The number of imidazole rings is 1. The van der Waals surface area contributed by atoms with Crippen LogP contribution in [0.4, 0.5) is 0 Å². The highest BCUT2D eigenvalue weighted by Gasteiger charge is 2.33. The third kappa shape index (κ3) is 2.56. The van der Waals surface area contributed by atoms with Crippen LogP contribution < -0.4 is 11.1 Å². The average molecular weight is 250 g/mol. The van der Waals surface area contributed by atoms with Gasteiger partial charge in [-0.15, -0.1) is 0 Å². The van der Waals surface area contributed by atoms with E-state index in [2.05, 4.69) is 14.9 Å². The maximum absolute atomic E-state index is 12.2. The lowest BCUT2D eigenvalue weighted by molar-refractivity contribution is -0.129. The number of hydrogen-bond acceptors (Lipinski definition) is 3. The molecule has 0 aromatic carbocycles. The lowest BCUT2D eigenvalue weighted by Crippen LogP contribution is -2.47. The van der Waals surface area contributed by atoms with Gasteiger partial charge in [0.25, 0.3) is 0 Å². The summed E-state index contributed by atoms with van der Waals surface area (Å²) in [6.45, 7) is 4.12. The van der Waals surface area contributed by atoms with Crippen LogP contribution in [0.1, 0.15) is 39.2 Å². The molecule has 18 heavy (non-hydrogen) atoms. The number of rotatable bonds is 4. The van der Waals surface area contributed by atoms with Crippen LogP contribution in [0, 0.1) is 5.41 Å². The van der Waals surface area contributed by atoms with Crippen molar-refractivity contribution >= 4 is 5.91 Å². The topological polar surface area (TPSA) is 72.9 Å². The summed E-state index contributed by atoms with van der Waals surface area (Å²) in [5.74, 6) is 0.0435. The summed E-state index contributed by atoms with van der Waals surface area (Å²) in [5.41, 5.74) is 5.14. The van der Waals surface area contributed by atoms with E-state index in [-0.39, 0.29) is 11.9 Å². The molecule has 1 aromatic rings. The molecule has 1 fully saturated rings. The third-order valence-electron chi connectivity index (χ3n) is 3.83. The largest absolute Gasteiger partial charge is 0.351 e. The molecule has 2 unspecified atom stereocenters. The first-order valence-corrected chi connectivity index (χ1v) is 6.53. The van der Waals surface area contributed by atoms with Crippen LogP contribution in [-0.4, -0.2) is 28.0 Å². The van der Waals surface area contributed by atoms with Crippen LogP contribution in [0.2, 0.25) is 0 Å². The van der Waals surface area contributed by atoms with Crippen molar-refractivity contribution in [2.24, 2.45) is 11.1 Å². The van der Waals surface area contributed by atoms with Crippen molar-refractivity contribution in [3.05, 3.63) is 18.7 Å². The maximum atomic E-state index is 12.2. The lowest BCUT2D eigenvalue weighted by Gasteiger charge is -2.27. The quantitative estimate of drug-likeness (QED) is 0.839. The highest BCUT2D eigenvalue weighted by Crippen LogP contribution is 2.30. The summed E-state index contributed by atoms with van der Waals surface area (Å²) < 4.78 is 2.09. The number of nitrogens with two attached hydrogens (primary N) is 1. The third-order valence-corrected chi connectivity index (χ3v) is 3.83. The summed E-state index contributed by atoms with van der Waals surface area (Å²) in [5, 5.41) is 3.14. The molecular formula is C13H22N4O. The van der Waals surface area contributed by atoms with E-state index in [0.29, 0.717) is 12.6 Å². The van der Waals surface area contributed by atoms with Crippen molar-refractivity contribution in [1.29, 1.82) is 0 Å². The summed E-state index contributed by atoms with van der Waals surface area (Å²) in [6, 6.07) is 0.516. The van der Waals surface area contributed by atoms with Crippen LogP contribution in [0.5, 0.6) is 0 Å². The summed E-state index contributed by atoms with van der Waals surface area (Å²) >= 11 is 0. The Balaban J connectivity index is 2.03. The fraction of sp³-hybridized carbons (Fsp3) is 0.692. The Kier molecular flexibility index (Phi) is 3.71. The Bertz CT molecular complexity index is 399. The molecule has 1 aliphatic rings. The van der Waals surface area contributed by atoms with Crippen molar-refractivity contribution in [3.8, 4) is 0 Å². The zero-order valence-electron chi connectivity index (χ0n) is 11.1. The molecule has 0 radical (unpaired) electrons. The Hall–Kier alpha value is -1.36. The molecule has 1 heterocycles. The summed E-state index contributed by atoms with van der Waals surface area (Å²) in [7, 11) is 0. The molecule has 0 spiro atoms. The van der Waals surface area contributed by atoms with Crippen molar-refractivity contribution in [1.82, 2.24) is 14.9 Å². The molecule has 0 aliphatic heterocycles. The van der Waals surface area contributed by atoms with Crippen LogP contribution in [0.3, 0.4) is 0 Å². The Labute approximate surface area is 108 Å². The van der Waals surface area contributed by atoms with Crippen LogP contribution in [-0.2, 0) is 4.79 Å². The van der Waals surface area contributed by atoms with Gasteiger partial charge in [0.2, 0.25) is 5.91 Å². The molecule has 1 aliphatic carbocycles. The summed E-state index contributed by atoms with van der Waals surface area (Å²) in [4.78, 5) is 16.2. The lowest BCUT2D eigenvalue weighted by atomic mass is 9.92. The van der Waals surface area contributed by atoms with E-state index < -0.39 is 5.41 Å². The molecule has 1 aromatic heterocycles. The minimum atomic E-state index is -0.498. The minimum Gasteiger partial charge on any atom is -0.351 e. The van der Waals surface area contributed by atoms with Gasteiger partial charge in [-0.25, -0.2) is 4.98 Å². The number of aromatic nitrogens is 2. The summed E-state index contributed by atoms with van der Waals surface area (Å²) in [6.07, 6.45) is 8.81. The number of amides is 1.